The Morgan fingerprint density at radius 1 is 0.474 bits per heavy atom. The van der Waals surface area contributed by atoms with E-state index in [1.165, 1.54) is 33.8 Å². The number of benzene rings is 4. The summed E-state index contributed by atoms with van der Waals surface area (Å²) in [5.74, 6) is -5.91. The van der Waals surface area contributed by atoms with Crippen LogP contribution in [0.4, 0.5) is 17.1 Å². The van der Waals surface area contributed by atoms with Gasteiger partial charge in [0.15, 0.2) is 5.60 Å². The van der Waals surface area contributed by atoms with E-state index in [0.717, 1.165) is 10.9 Å². The molecule has 3 heterocycles. The molecule has 11 N–H and O–H groups in total. The Labute approximate surface area is 546 Å². The Morgan fingerprint density at radius 2 is 0.884 bits per heavy atom. The van der Waals surface area contributed by atoms with Gasteiger partial charge in [-0.25, -0.2) is 9.59 Å². The van der Waals surface area contributed by atoms with Crippen LogP contribution in [0.25, 0.3) is 11.0 Å². The second-order valence-corrected chi connectivity index (χ2v) is 22.9. The van der Waals surface area contributed by atoms with Crippen LogP contribution in [0.15, 0.2) is 94.1 Å². The molecule has 4 atom stereocenters. The fraction of sp³-hybridized carbons (Fsp3) is 0.403. The Kier molecular flexibility index (Phi) is 27.2. The number of carbonyl (C=O) groups excluding carboxylic acids is 11. The van der Waals surface area contributed by atoms with Gasteiger partial charge in [-0.2, -0.15) is 0 Å². The lowest BCUT2D eigenvalue weighted by molar-refractivity contribution is -0.139. The lowest BCUT2D eigenvalue weighted by Crippen LogP contribution is -2.43. The minimum absolute atomic E-state index is 0.0779. The number of esters is 1. The molecule has 506 valence electrons. The molecule has 0 bridgehead atoms. The van der Waals surface area contributed by atoms with E-state index in [2.05, 4.69) is 47.9 Å². The number of carbonyl (C=O) groups is 13. The Hall–Kier alpha value is -10.8. The summed E-state index contributed by atoms with van der Waals surface area (Å²) in [5.41, 5.74) is 2.04. The highest BCUT2D eigenvalue weighted by molar-refractivity contribution is 6.01. The standard InChI is InChI=1S/C45H52N6O12.C22H27N3O7/c1-26(52)14-19-39(55)46-22-8-6-12-35(48-27(2)53)42(59)50-29-15-17-33-37(24-29)62-38-25-30(16-18-34(38)45(33)32-11-5-4-10-31(32)44(61)63-45)51-43(60)36(49-28(3)54)13-7-9-23-47-40(56)20-21-41(57)58;1-13-11-21(30)32-18-12-15(6-7-16(13)18)25-22(31)17(24-14(2)26)5-3-4-10-23-19(27)8-9-20(28)29/h4-5,10-11,15-18,24-25,35-36H,6-9,12-14,19-23H2,1-3H3,(H,46,55)(H,47,56)(H,48,53)(H,49,54)(H,50,59)(H,51,60)(H,57,58);6-7,11-12,17H,3-5,8-10H2,1-2H3,(H,23,27)(H,24,26)(H,25,31)(H,28,29)/t;17-/m.0/s1. The number of anilines is 3. The van der Waals surface area contributed by atoms with Crippen LogP contribution in [0.3, 0.4) is 0 Å². The van der Waals surface area contributed by atoms with Gasteiger partial charge in [-0.05, 0) is 120 Å². The van der Waals surface area contributed by atoms with Crippen LogP contribution in [-0.2, 0) is 67.9 Å². The molecule has 28 nitrogen and oxygen atoms in total. The van der Waals surface area contributed by atoms with Crippen molar-refractivity contribution in [2.45, 2.75) is 155 Å². The number of hydrogen-bond acceptors (Lipinski definition) is 17. The average molecular weight is 1310 g/mol. The maximum Gasteiger partial charge on any atom is 0.340 e. The van der Waals surface area contributed by atoms with Crippen LogP contribution in [0.1, 0.15) is 157 Å². The van der Waals surface area contributed by atoms with Gasteiger partial charge in [0.1, 0.15) is 41.0 Å². The average Bonchev–Trinajstić information content (AvgIpc) is 1.62. The third-order valence-corrected chi connectivity index (χ3v) is 15.1. The fourth-order valence-electron chi connectivity index (χ4n) is 10.6. The molecule has 28 heteroatoms. The first-order chi connectivity index (χ1) is 45.2. The van der Waals surface area contributed by atoms with Crippen molar-refractivity contribution in [3.63, 3.8) is 0 Å². The summed E-state index contributed by atoms with van der Waals surface area (Å²) in [5, 5.41) is 42.4. The predicted octanol–water partition coefficient (Wildman–Crippen LogP) is 5.64. The second kappa shape index (κ2) is 35.3. The van der Waals surface area contributed by atoms with Gasteiger partial charge in [0.25, 0.3) is 0 Å². The van der Waals surface area contributed by atoms with Crippen molar-refractivity contribution in [3.8, 4) is 11.5 Å². The van der Waals surface area contributed by atoms with E-state index in [0.29, 0.717) is 103 Å². The summed E-state index contributed by atoms with van der Waals surface area (Å²) in [4.78, 5) is 168. The molecule has 1 aromatic heterocycles. The molecule has 5 aromatic rings. The molecule has 1 spiro atoms. The van der Waals surface area contributed by atoms with Crippen molar-refractivity contribution in [2.75, 3.05) is 35.6 Å². The third kappa shape index (κ3) is 22.2. The van der Waals surface area contributed by atoms with Gasteiger partial charge in [-0.15, -0.1) is 0 Å². The summed E-state index contributed by atoms with van der Waals surface area (Å²) >= 11 is 0. The van der Waals surface area contributed by atoms with Gasteiger partial charge in [-0.1, -0.05) is 18.2 Å². The van der Waals surface area contributed by atoms with Gasteiger partial charge in [0.2, 0.25) is 53.2 Å². The van der Waals surface area contributed by atoms with E-state index in [1.807, 2.05) is 0 Å². The number of ketones is 1. The highest BCUT2D eigenvalue weighted by atomic mass is 16.6. The summed E-state index contributed by atoms with van der Waals surface area (Å²) in [6, 6.07) is 20.4. The zero-order valence-corrected chi connectivity index (χ0v) is 53.4. The highest BCUT2D eigenvalue weighted by Crippen LogP contribution is 2.57. The number of Topliss-reactive ketones (excluding diaryl/α,β-unsaturated/α-hetero) is 1. The number of nitrogens with one attached hydrogen (secondary N) is 9. The van der Waals surface area contributed by atoms with Gasteiger partial charge in [-0.3, -0.25) is 52.7 Å². The first-order valence-corrected chi connectivity index (χ1v) is 31.0. The number of ether oxygens (including phenoxy) is 2. The molecule has 2 aliphatic rings. The maximum atomic E-state index is 13.6. The molecule has 0 saturated carbocycles. The molecule has 0 fully saturated rings. The second-order valence-electron chi connectivity index (χ2n) is 22.9. The normalized spacial score (nSPS) is 14.0. The van der Waals surface area contributed by atoms with Gasteiger partial charge in [0, 0.05) is 129 Å². The number of carboxylic acid groups (broad SMARTS) is 2. The van der Waals surface area contributed by atoms with Crippen molar-refractivity contribution in [2.24, 2.45) is 0 Å². The Bertz CT molecular complexity index is 3670. The zero-order valence-electron chi connectivity index (χ0n) is 53.4. The number of rotatable bonds is 33. The topological polar surface area (TPSA) is 419 Å². The molecule has 0 aliphatic carbocycles. The van der Waals surface area contributed by atoms with Gasteiger partial charge >= 0.3 is 23.5 Å². The lowest BCUT2D eigenvalue weighted by atomic mass is 9.77. The van der Waals surface area contributed by atoms with Crippen LogP contribution in [0.5, 0.6) is 11.5 Å². The van der Waals surface area contributed by atoms with Crippen molar-refractivity contribution < 1.29 is 86.4 Å². The van der Waals surface area contributed by atoms with Crippen LogP contribution < -0.4 is 58.2 Å². The van der Waals surface area contributed by atoms with E-state index >= 15 is 0 Å². The smallest absolute Gasteiger partial charge is 0.340 e. The van der Waals surface area contributed by atoms with Crippen LogP contribution >= 0.6 is 0 Å². The number of unbranched alkanes of at least 4 members (excludes halogenated alkanes) is 3. The maximum absolute atomic E-state index is 13.6. The number of carboxylic acids is 2. The number of aliphatic carboxylic acids is 2. The molecular weight excluding hydrogens is 1230 g/mol. The zero-order chi connectivity index (χ0) is 69.4. The minimum Gasteiger partial charge on any atom is -0.481 e. The molecule has 9 amide bonds. The minimum atomic E-state index is -1.47. The van der Waals surface area contributed by atoms with Gasteiger partial charge in [0.05, 0.1) is 18.4 Å². The monoisotopic (exact) mass is 1310 g/mol. The van der Waals surface area contributed by atoms with Crippen molar-refractivity contribution in [3.05, 3.63) is 123 Å². The SMILES string of the molecule is CC(=O)CCC(=O)NCCCCC(NC(C)=O)C(=O)Nc1ccc2c(c1)Oc1cc(NC(=O)C(CCCCNC(=O)CCC(=O)O)NC(C)=O)ccc1C21OC(=O)c2ccccc21.CC(=O)N[C@@H](CCCCNC(=O)CCC(=O)O)C(=O)Nc1ccc2c(C)cc(=O)oc2c1. The van der Waals surface area contributed by atoms with E-state index in [1.54, 1.807) is 85.8 Å². The quantitative estimate of drug-likeness (QED) is 0.0137. The first kappa shape index (κ1) is 73.3. The van der Waals surface area contributed by atoms with Crippen LogP contribution in [0.2, 0.25) is 0 Å². The largest absolute Gasteiger partial charge is 0.481 e. The molecular formula is C67H79N9O19. The summed E-state index contributed by atoms with van der Waals surface area (Å²) in [7, 11) is 0. The van der Waals surface area contributed by atoms with Crippen molar-refractivity contribution in [1.29, 1.82) is 0 Å². The fourth-order valence-corrected chi connectivity index (χ4v) is 10.6. The molecule has 3 unspecified atom stereocenters. The highest BCUT2D eigenvalue weighted by Gasteiger charge is 2.53. The third-order valence-electron chi connectivity index (χ3n) is 15.1. The number of fused-ring (bicyclic) bond motifs is 7. The van der Waals surface area contributed by atoms with E-state index in [4.69, 9.17) is 24.1 Å². The summed E-state index contributed by atoms with van der Waals surface area (Å²) < 4.78 is 17.9. The number of aryl methyl sites for hydroxylation is 1. The van der Waals surface area contributed by atoms with E-state index in [-0.39, 0.29) is 92.9 Å². The van der Waals surface area contributed by atoms with Crippen molar-refractivity contribution in [1.82, 2.24) is 31.9 Å². The Balaban J connectivity index is 0.000000374. The van der Waals surface area contributed by atoms with E-state index < -0.39 is 82.7 Å². The molecule has 4 aromatic carbocycles. The van der Waals surface area contributed by atoms with E-state index in [9.17, 15) is 67.1 Å². The Morgan fingerprint density at radius 3 is 1.31 bits per heavy atom. The molecule has 95 heavy (non-hydrogen) atoms. The molecule has 0 radical (unpaired) electrons. The summed E-state index contributed by atoms with van der Waals surface area (Å²) in [6.07, 6.45) is 3.41. The lowest BCUT2D eigenvalue weighted by Gasteiger charge is -2.37. The van der Waals surface area contributed by atoms with Crippen molar-refractivity contribution >= 4 is 105 Å². The first-order valence-electron chi connectivity index (χ1n) is 31.0. The van der Waals surface area contributed by atoms with Crippen LogP contribution in [0, 0.1) is 6.92 Å². The molecule has 0 saturated heterocycles. The van der Waals surface area contributed by atoms with Crippen LogP contribution in [-0.4, -0.2) is 125 Å². The molecule has 2 aliphatic heterocycles. The summed E-state index contributed by atoms with van der Waals surface area (Å²) in [6.45, 7) is 8.06. The molecule has 7 rings (SSSR count). The predicted molar refractivity (Wildman–Crippen MR) is 345 cm³/mol. The van der Waals surface area contributed by atoms with Gasteiger partial charge < -0.3 is 76.7 Å². The number of hydrogen-bond donors (Lipinski definition) is 11. The number of amides is 9.